The summed E-state index contributed by atoms with van der Waals surface area (Å²) in [6.45, 7) is 2.73. The Morgan fingerprint density at radius 3 is 2.30 bits per heavy atom. The Bertz CT molecular complexity index is 963. The Hall–Kier alpha value is -3.35. The van der Waals surface area contributed by atoms with E-state index < -0.39 is 0 Å². The Kier molecular flexibility index (Phi) is 6.72. The molecule has 0 bridgehead atoms. The first-order chi connectivity index (χ1) is 14.6. The summed E-state index contributed by atoms with van der Waals surface area (Å²) in [6.07, 6.45) is 2.66. The molecule has 160 valence electrons. The molecule has 0 saturated carbocycles. The van der Waals surface area contributed by atoms with Crippen molar-refractivity contribution in [1.82, 2.24) is 0 Å². The van der Waals surface area contributed by atoms with Gasteiger partial charge in [0.1, 0.15) is 17.9 Å². The van der Waals surface area contributed by atoms with Crippen LogP contribution in [0.2, 0.25) is 0 Å². The molecule has 3 rings (SSSR count). The lowest BCUT2D eigenvalue weighted by Crippen LogP contribution is -2.20. The fourth-order valence-electron chi connectivity index (χ4n) is 3.26. The second-order valence-electron chi connectivity index (χ2n) is 6.56. The van der Waals surface area contributed by atoms with E-state index in [4.69, 9.17) is 28.4 Å². The van der Waals surface area contributed by atoms with Gasteiger partial charge < -0.3 is 28.4 Å². The highest BCUT2D eigenvalue weighted by Crippen LogP contribution is 2.47. The van der Waals surface area contributed by atoms with Crippen molar-refractivity contribution >= 4 is 11.9 Å². The summed E-state index contributed by atoms with van der Waals surface area (Å²) in [4.78, 5) is 13.3. The normalized spacial score (nSPS) is 14.0. The third-order valence-electron chi connectivity index (χ3n) is 4.69. The van der Waals surface area contributed by atoms with Crippen LogP contribution in [0.25, 0.3) is 6.08 Å². The van der Waals surface area contributed by atoms with E-state index in [0.29, 0.717) is 46.5 Å². The van der Waals surface area contributed by atoms with Crippen LogP contribution in [0.15, 0.2) is 29.8 Å². The standard InChI is InChI=1S/C23H26O7/c1-6-9-29-17-11-14(7-8-16(17)25-2)10-15-13-30-18-12-19(26-3)22(27-4)23(28-5)20(18)21(15)24/h7-8,10-12H,6,9,13H2,1-5H3/b15-10+. The molecule has 0 atom stereocenters. The lowest BCUT2D eigenvalue weighted by atomic mass is 9.96. The van der Waals surface area contributed by atoms with Crippen molar-refractivity contribution in [3.05, 3.63) is 41.0 Å². The highest BCUT2D eigenvalue weighted by molar-refractivity contribution is 6.16. The number of fused-ring (bicyclic) bond motifs is 1. The van der Waals surface area contributed by atoms with Crippen LogP contribution in [0.3, 0.4) is 0 Å². The van der Waals surface area contributed by atoms with Gasteiger partial charge in [-0.25, -0.2) is 0 Å². The number of ketones is 1. The smallest absolute Gasteiger partial charge is 0.204 e. The van der Waals surface area contributed by atoms with E-state index in [1.54, 1.807) is 19.3 Å². The summed E-state index contributed by atoms with van der Waals surface area (Å²) in [7, 11) is 6.08. The fourth-order valence-corrected chi connectivity index (χ4v) is 3.26. The van der Waals surface area contributed by atoms with Crippen LogP contribution in [0.1, 0.15) is 29.3 Å². The maximum atomic E-state index is 13.3. The molecule has 2 aromatic rings. The number of carbonyl (C=O) groups is 1. The summed E-state index contributed by atoms with van der Waals surface area (Å²) in [5.41, 5.74) is 1.60. The van der Waals surface area contributed by atoms with Crippen LogP contribution in [-0.2, 0) is 0 Å². The topological polar surface area (TPSA) is 72.5 Å². The number of hydrogen-bond donors (Lipinski definition) is 0. The van der Waals surface area contributed by atoms with Gasteiger partial charge in [-0.2, -0.15) is 0 Å². The van der Waals surface area contributed by atoms with Gasteiger partial charge >= 0.3 is 0 Å². The molecule has 0 unspecified atom stereocenters. The molecular formula is C23H26O7. The zero-order valence-corrected chi connectivity index (χ0v) is 17.9. The van der Waals surface area contributed by atoms with Gasteiger partial charge in [0.25, 0.3) is 0 Å². The zero-order chi connectivity index (χ0) is 21.7. The van der Waals surface area contributed by atoms with Crippen molar-refractivity contribution in [2.75, 3.05) is 41.7 Å². The van der Waals surface area contributed by atoms with Crippen molar-refractivity contribution in [2.45, 2.75) is 13.3 Å². The molecule has 0 fully saturated rings. The first kappa shape index (κ1) is 21.4. The average molecular weight is 414 g/mol. The van der Waals surface area contributed by atoms with Gasteiger partial charge in [-0.05, 0) is 30.2 Å². The first-order valence-electron chi connectivity index (χ1n) is 9.59. The molecule has 0 amide bonds. The average Bonchev–Trinajstić information content (AvgIpc) is 2.78. The van der Waals surface area contributed by atoms with Gasteiger partial charge in [0.15, 0.2) is 28.8 Å². The Balaban J connectivity index is 2.02. The van der Waals surface area contributed by atoms with E-state index in [1.807, 2.05) is 25.1 Å². The molecule has 2 aromatic carbocycles. The number of Topliss-reactive ketones (excluding diaryl/α,β-unsaturated/α-hetero) is 1. The lowest BCUT2D eigenvalue weighted by molar-refractivity contribution is 0.0996. The summed E-state index contributed by atoms with van der Waals surface area (Å²) in [6, 6.07) is 7.15. The molecule has 7 nitrogen and oxygen atoms in total. The molecule has 30 heavy (non-hydrogen) atoms. The van der Waals surface area contributed by atoms with Gasteiger partial charge in [-0.15, -0.1) is 0 Å². The van der Waals surface area contributed by atoms with Crippen LogP contribution in [0, 0.1) is 0 Å². The largest absolute Gasteiger partial charge is 0.493 e. The van der Waals surface area contributed by atoms with E-state index in [1.165, 1.54) is 21.3 Å². The van der Waals surface area contributed by atoms with Crippen molar-refractivity contribution < 1.29 is 33.2 Å². The molecule has 0 saturated heterocycles. The second-order valence-corrected chi connectivity index (χ2v) is 6.56. The minimum absolute atomic E-state index is 0.127. The minimum atomic E-state index is -0.194. The fraction of sp³-hybridized carbons (Fsp3) is 0.348. The van der Waals surface area contributed by atoms with Crippen molar-refractivity contribution in [2.24, 2.45) is 0 Å². The van der Waals surface area contributed by atoms with Gasteiger partial charge in [0.2, 0.25) is 5.75 Å². The monoisotopic (exact) mass is 414 g/mol. The minimum Gasteiger partial charge on any atom is -0.493 e. The number of hydrogen-bond acceptors (Lipinski definition) is 7. The van der Waals surface area contributed by atoms with Crippen molar-refractivity contribution in [3.63, 3.8) is 0 Å². The van der Waals surface area contributed by atoms with Gasteiger partial charge in [0, 0.05) is 11.6 Å². The third-order valence-corrected chi connectivity index (χ3v) is 4.69. The van der Waals surface area contributed by atoms with E-state index in [0.717, 1.165) is 12.0 Å². The molecule has 1 aliphatic heterocycles. The zero-order valence-electron chi connectivity index (χ0n) is 17.9. The Morgan fingerprint density at radius 1 is 0.933 bits per heavy atom. The van der Waals surface area contributed by atoms with E-state index in [-0.39, 0.29) is 18.1 Å². The van der Waals surface area contributed by atoms with Crippen molar-refractivity contribution in [1.29, 1.82) is 0 Å². The lowest BCUT2D eigenvalue weighted by Gasteiger charge is -2.23. The number of rotatable bonds is 8. The molecule has 1 aliphatic rings. The Morgan fingerprint density at radius 2 is 1.67 bits per heavy atom. The SMILES string of the molecule is CCCOc1cc(/C=C2\COc3cc(OC)c(OC)c(OC)c3C2=O)ccc1OC. The maximum Gasteiger partial charge on any atom is 0.204 e. The Labute approximate surface area is 176 Å². The van der Waals surface area contributed by atoms with E-state index >= 15 is 0 Å². The van der Waals surface area contributed by atoms with Gasteiger partial charge in [-0.3, -0.25) is 4.79 Å². The molecule has 7 heteroatoms. The van der Waals surface area contributed by atoms with Crippen molar-refractivity contribution in [3.8, 4) is 34.5 Å². The predicted molar refractivity (Wildman–Crippen MR) is 113 cm³/mol. The number of ether oxygens (including phenoxy) is 6. The summed E-state index contributed by atoms with van der Waals surface area (Å²) >= 11 is 0. The molecular weight excluding hydrogens is 388 g/mol. The van der Waals surface area contributed by atoms with Crippen LogP contribution >= 0.6 is 0 Å². The molecule has 0 aliphatic carbocycles. The summed E-state index contributed by atoms with van der Waals surface area (Å²) < 4.78 is 33.2. The van der Waals surface area contributed by atoms with E-state index in [2.05, 4.69) is 0 Å². The quantitative estimate of drug-likeness (QED) is 0.600. The molecule has 1 heterocycles. The highest BCUT2D eigenvalue weighted by atomic mass is 16.5. The third kappa shape index (κ3) is 4.01. The second kappa shape index (κ2) is 9.43. The van der Waals surface area contributed by atoms with Crippen LogP contribution in [-0.4, -0.2) is 47.4 Å². The maximum absolute atomic E-state index is 13.3. The van der Waals surface area contributed by atoms with Gasteiger partial charge in [0.05, 0.1) is 35.0 Å². The van der Waals surface area contributed by atoms with E-state index in [9.17, 15) is 4.79 Å². The van der Waals surface area contributed by atoms with Gasteiger partial charge in [-0.1, -0.05) is 13.0 Å². The number of benzene rings is 2. The first-order valence-corrected chi connectivity index (χ1v) is 9.59. The molecule has 0 spiro atoms. The van der Waals surface area contributed by atoms with Crippen LogP contribution in [0.5, 0.6) is 34.5 Å². The predicted octanol–water partition coefficient (Wildman–Crippen LogP) is 4.17. The number of methoxy groups -OCH3 is 4. The van der Waals surface area contributed by atoms with Crippen LogP contribution in [0.4, 0.5) is 0 Å². The number of carbonyl (C=O) groups excluding carboxylic acids is 1. The molecule has 0 radical (unpaired) electrons. The van der Waals surface area contributed by atoms with Crippen LogP contribution < -0.4 is 28.4 Å². The highest BCUT2D eigenvalue weighted by Gasteiger charge is 2.32. The summed E-state index contributed by atoms with van der Waals surface area (Å²) in [5, 5.41) is 0. The summed E-state index contributed by atoms with van der Waals surface area (Å²) in [5.74, 6) is 2.53. The molecule has 0 aromatic heterocycles. The molecule has 0 N–H and O–H groups in total.